The number of rotatable bonds is 7. The normalized spacial score (nSPS) is 16.9. The van der Waals surface area contributed by atoms with Gasteiger partial charge in [0.05, 0.1) is 0 Å². The lowest BCUT2D eigenvalue weighted by atomic mass is 10.1. The predicted octanol–water partition coefficient (Wildman–Crippen LogP) is 3.43. The van der Waals surface area contributed by atoms with Crippen molar-refractivity contribution >= 4 is 24.8 Å². The molecule has 172 valence electrons. The second-order valence-corrected chi connectivity index (χ2v) is 8.00. The molecule has 2 aromatic rings. The Labute approximate surface area is 196 Å². The molecule has 31 heavy (non-hydrogen) atoms. The van der Waals surface area contributed by atoms with Gasteiger partial charge in [-0.05, 0) is 43.2 Å². The number of nitrogens with zero attached hydrogens (tertiary/aromatic N) is 2. The van der Waals surface area contributed by atoms with Crippen LogP contribution in [0.1, 0.15) is 16.7 Å². The molecule has 1 N–H and O–H groups in total. The first-order valence-electron chi connectivity index (χ1n) is 10.3. The Morgan fingerprint density at radius 3 is 2.39 bits per heavy atom. The van der Waals surface area contributed by atoms with Crippen molar-refractivity contribution in [2.45, 2.75) is 26.5 Å². The van der Waals surface area contributed by atoms with Gasteiger partial charge in [-0.3, -0.25) is 9.80 Å². The third-order valence-corrected chi connectivity index (χ3v) is 5.54. The fourth-order valence-electron chi connectivity index (χ4n) is 3.93. The molecule has 2 heterocycles. The van der Waals surface area contributed by atoms with Gasteiger partial charge >= 0.3 is 0 Å². The van der Waals surface area contributed by atoms with Crippen LogP contribution in [0.4, 0.5) is 0 Å². The highest BCUT2D eigenvalue weighted by Gasteiger charge is 2.21. The second-order valence-electron chi connectivity index (χ2n) is 8.00. The fourth-order valence-corrected chi connectivity index (χ4v) is 3.93. The Bertz CT molecular complexity index is 844. The number of piperazine rings is 1. The van der Waals surface area contributed by atoms with Gasteiger partial charge in [0.1, 0.15) is 18.5 Å². The summed E-state index contributed by atoms with van der Waals surface area (Å²) >= 11 is 0. The lowest BCUT2D eigenvalue weighted by molar-refractivity contribution is 0.0445. The summed E-state index contributed by atoms with van der Waals surface area (Å²) in [6.45, 7) is 10.2. The van der Waals surface area contributed by atoms with Crippen molar-refractivity contribution in [1.29, 1.82) is 0 Å². The van der Waals surface area contributed by atoms with E-state index in [0.29, 0.717) is 19.9 Å². The summed E-state index contributed by atoms with van der Waals surface area (Å²) in [6, 6.07) is 12.3. The van der Waals surface area contributed by atoms with Gasteiger partial charge in [-0.2, -0.15) is 0 Å². The first-order chi connectivity index (χ1) is 14.1. The maximum Gasteiger partial charge on any atom is 0.231 e. The van der Waals surface area contributed by atoms with Crippen molar-refractivity contribution in [1.82, 2.24) is 9.80 Å². The van der Waals surface area contributed by atoms with Crippen LogP contribution in [0.5, 0.6) is 17.2 Å². The molecule has 2 aliphatic heterocycles. The molecule has 2 aliphatic rings. The topological polar surface area (TPSA) is 54.4 Å². The standard InChI is InChI=1S/C23H30N2O4.2ClH/c1-17-3-5-21(18(2)11-17)27-15-20(26)14-25-9-7-24(8-10-25)13-19-4-6-22-23(12-19)29-16-28-22;;/h3-6,11-12,20,26H,7-10,13-16H2,1-2H3;2*1H. The van der Waals surface area contributed by atoms with Gasteiger partial charge in [-0.15, -0.1) is 24.8 Å². The van der Waals surface area contributed by atoms with Crippen LogP contribution in [0.2, 0.25) is 0 Å². The number of hydrogen-bond acceptors (Lipinski definition) is 6. The maximum atomic E-state index is 10.4. The third kappa shape index (κ3) is 6.89. The van der Waals surface area contributed by atoms with Gasteiger partial charge < -0.3 is 19.3 Å². The summed E-state index contributed by atoms with van der Waals surface area (Å²) in [4.78, 5) is 4.75. The molecule has 0 spiro atoms. The highest BCUT2D eigenvalue weighted by Crippen LogP contribution is 2.32. The van der Waals surface area contributed by atoms with Crippen LogP contribution in [0.15, 0.2) is 36.4 Å². The fraction of sp³-hybridized carbons (Fsp3) is 0.478. The highest BCUT2D eigenvalue weighted by molar-refractivity contribution is 5.85. The number of ether oxygens (including phenoxy) is 3. The molecule has 0 radical (unpaired) electrons. The highest BCUT2D eigenvalue weighted by atomic mass is 35.5. The number of halogens is 2. The molecule has 1 fully saturated rings. The van der Waals surface area contributed by atoms with Gasteiger partial charge in [0.2, 0.25) is 6.79 Å². The smallest absolute Gasteiger partial charge is 0.231 e. The largest absolute Gasteiger partial charge is 0.491 e. The molecule has 2 aromatic carbocycles. The van der Waals surface area contributed by atoms with E-state index in [1.54, 1.807) is 0 Å². The lowest BCUT2D eigenvalue weighted by Crippen LogP contribution is -2.48. The number of aliphatic hydroxyl groups excluding tert-OH is 1. The SMILES string of the molecule is Cc1ccc(OCC(O)CN2CCN(Cc3ccc4c(c3)OCO4)CC2)c(C)c1.Cl.Cl. The van der Waals surface area contributed by atoms with E-state index >= 15 is 0 Å². The van der Waals surface area contributed by atoms with Crippen molar-refractivity contribution < 1.29 is 19.3 Å². The van der Waals surface area contributed by atoms with Gasteiger partial charge in [0, 0.05) is 39.3 Å². The Morgan fingerprint density at radius 1 is 0.935 bits per heavy atom. The molecule has 0 aromatic heterocycles. The molecule has 4 rings (SSSR count). The number of aliphatic hydroxyl groups is 1. The Morgan fingerprint density at radius 2 is 1.65 bits per heavy atom. The first kappa shape index (κ1) is 25.6. The van der Waals surface area contributed by atoms with E-state index in [2.05, 4.69) is 34.9 Å². The minimum Gasteiger partial charge on any atom is -0.491 e. The van der Waals surface area contributed by atoms with Crippen molar-refractivity contribution in [3.05, 3.63) is 53.1 Å². The zero-order valence-corrected chi connectivity index (χ0v) is 19.7. The molecule has 0 bridgehead atoms. The van der Waals surface area contributed by atoms with Crippen LogP contribution in [-0.2, 0) is 6.54 Å². The van der Waals surface area contributed by atoms with Gasteiger partial charge in [-0.25, -0.2) is 0 Å². The molecule has 0 saturated carbocycles. The molecular formula is C23H32Cl2N2O4. The average Bonchev–Trinajstić information content (AvgIpc) is 3.17. The molecule has 1 saturated heterocycles. The predicted molar refractivity (Wildman–Crippen MR) is 126 cm³/mol. The molecule has 0 amide bonds. The van der Waals surface area contributed by atoms with E-state index in [9.17, 15) is 5.11 Å². The quantitative estimate of drug-likeness (QED) is 0.668. The number of hydrogen-bond donors (Lipinski definition) is 1. The summed E-state index contributed by atoms with van der Waals surface area (Å²) in [5.41, 5.74) is 3.56. The number of β-amino-alcohol motifs (C(OH)–C–C–N with tert-alkyl or cyclic N) is 1. The van der Waals surface area contributed by atoms with E-state index in [1.807, 2.05) is 25.1 Å². The zero-order valence-electron chi connectivity index (χ0n) is 18.1. The van der Waals surface area contributed by atoms with E-state index in [4.69, 9.17) is 14.2 Å². The molecule has 1 atom stereocenters. The van der Waals surface area contributed by atoms with E-state index in [1.165, 1.54) is 11.1 Å². The second kappa shape index (κ2) is 11.8. The number of benzene rings is 2. The van der Waals surface area contributed by atoms with Crippen molar-refractivity contribution in [2.24, 2.45) is 0 Å². The number of aryl methyl sites for hydroxylation is 2. The monoisotopic (exact) mass is 470 g/mol. The zero-order chi connectivity index (χ0) is 20.2. The van der Waals surface area contributed by atoms with Gasteiger partial charge in [-0.1, -0.05) is 23.8 Å². The minimum absolute atomic E-state index is 0. The molecule has 6 nitrogen and oxygen atoms in total. The summed E-state index contributed by atoms with van der Waals surface area (Å²) in [7, 11) is 0. The van der Waals surface area contributed by atoms with E-state index in [-0.39, 0.29) is 24.8 Å². The molecule has 8 heteroatoms. The summed E-state index contributed by atoms with van der Waals surface area (Å²) in [6.07, 6.45) is -0.490. The number of fused-ring (bicyclic) bond motifs is 1. The van der Waals surface area contributed by atoms with Crippen LogP contribution in [0.3, 0.4) is 0 Å². The lowest BCUT2D eigenvalue weighted by Gasteiger charge is -2.35. The van der Waals surface area contributed by atoms with Crippen LogP contribution in [0.25, 0.3) is 0 Å². The molecule has 0 aliphatic carbocycles. The Hall–Kier alpha value is -1.70. The van der Waals surface area contributed by atoms with Crippen LogP contribution in [-0.4, -0.2) is 67.1 Å². The third-order valence-electron chi connectivity index (χ3n) is 5.54. The van der Waals surface area contributed by atoms with Crippen molar-refractivity contribution in [2.75, 3.05) is 46.1 Å². The Balaban J connectivity index is 0.00000171. The van der Waals surface area contributed by atoms with Crippen LogP contribution < -0.4 is 14.2 Å². The van der Waals surface area contributed by atoms with E-state index in [0.717, 1.165) is 55.5 Å². The van der Waals surface area contributed by atoms with Gasteiger partial charge in [0.15, 0.2) is 11.5 Å². The Kier molecular flexibility index (Phi) is 9.72. The molecular weight excluding hydrogens is 439 g/mol. The van der Waals surface area contributed by atoms with E-state index < -0.39 is 6.10 Å². The molecule has 1 unspecified atom stereocenters. The van der Waals surface area contributed by atoms with Crippen molar-refractivity contribution in [3.63, 3.8) is 0 Å². The minimum atomic E-state index is -0.490. The summed E-state index contributed by atoms with van der Waals surface area (Å²) < 4.78 is 16.7. The average molecular weight is 471 g/mol. The summed E-state index contributed by atoms with van der Waals surface area (Å²) in [5.74, 6) is 2.52. The van der Waals surface area contributed by atoms with Crippen molar-refractivity contribution in [3.8, 4) is 17.2 Å². The summed E-state index contributed by atoms with van der Waals surface area (Å²) in [5, 5.41) is 10.4. The van der Waals surface area contributed by atoms with Crippen LogP contribution >= 0.6 is 24.8 Å². The first-order valence-corrected chi connectivity index (χ1v) is 10.3. The van der Waals surface area contributed by atoms with Gasteiger partial charge in [0.25, 0.3) is 0 Å². The maximum absolute atomic E-state index is 10.4. The van der Waals surface area contributed by atoms with Crippen LogP contribution in [0, 0.1) is 13.8 Å².